The molecule has 1 aromatic carbocycles. The van der Waals surface area contributed by atoms with E-state index >= 15 is 0 Å². The van der Waals surface area contributed by atoms with Crippen molar-refractivity contribution in [3.8, 4) is 11.5 Å². The number of hydrogen-bond donors (Lipinski definition) is 2. The summed E-state index contributed by atoms with van der Waals surface area (Å²) in [6, 6.07) is 6.70. The lowest BCUT2D eigenvalue weighted by Crippen LogP contribution is -2.37. The fourth-order valence-corrected chi connectivity index (χ4v) is 2.69. The second-order valence-electron chi connectivity index (χ2n) is 5.75. The maximum Gasteiger partial charge on any atom is 0.257 e. The van der Waals surface area contributed by atoms with Crippen LogP contribution in [0.2, 0.25) is 5.02 Å². The summed E-state index contributed by atoms with van der Waals surface area (Å²) in [4.78, 5) is 16.6. The van der Waals surface area contributed by atoms with Crippen LogP contribution >= 0.6 is 24.0 Å². The first-order chi connectivity index (χ1) is 11.6. The van der Waals surface area contributed by atoms with Crippen molar-refractivity contribution in [3.05, 3.63) is 35.1 Å². The molecule has 1 fully saturated rings. The van der Waals surface area contributed by atoms with Gasteiger partial charge in [0.15, 0.2) is 5.82 Å². The molecule has 0 bridgehead atoms. The van der Waals surface area contributed by atoms with Crippen molar-refractivity contribution in [2.75, 3.05) is 6.54 Å². The molecule has 0 aliphatic carbocycles. The van der Waals surface area contributed by atoms with Gasteiger partial charge in [0.05, 0.1) is 12.1 Å². The second-order valence-corrected chi connectivity index (χ2v) is 6.19. The topological polar surface area (TPSA) is 103 Å². The van der Waals surface area contributed by atoms with E-state index in [1.807, 2.05) is 0 Å². The molecule has 136 valence electrons. The van der Waals surface area contributed by atoms with Gasteiger partial charge < -0.3 is 20.3 Å². The lowest BCUT2D eigenvalue weighted by atomic mass is 10.2. The zero-order chi connectivity index (χ0) is 17.1. The van der Waals surface area contributed by atoms with E-state index < -0.39 is 6.10 Å². The van der Waals surface area contributed by atoms with Gasteiger partial charge in [0.25, 0.3) is 5.89 Å². The molecule has 1 aliphatic rings. The fraction of sp³-hybridized carbons (Fsp3) is 0.438. The van der Waals surface area contributed by atoms with Gasteiger partial charge in [-0.3, -0.25) is 4.79 Å². The van der Waals surface area contributed by atoms with Crippen molar-refractivity contribution in [1.82, 2.24) is 15.5 Å². The number of aromatic nitrogens is 2. The lowest BCUT2D eigenvalue weighted by molar-refractivity contribution is -0.132. The van der Waals surface area contributed by atoms with E-state index in [4.69, 9.17) is 26.6 Å². The third-order valence-corrected chi connectivity index (χ3v) is 4.19. The van der Waals surface area contributed by atoms with Crippen molar-refractivity contribution in [1.29, 1.82) is 0 Å². The molecule has 0 radical (unpaired) electrons. The first-order valence-electron chi connectivity index (χ1n) is 7.82. The van der Waals surface area contributed by atoms with Crippen molar-refractivity contribution in [2.24, 2.45) is 5.73 Å². The molecule has 7 nitrogen and oxygen atoms in total. The highest BCUT2D eigenvalue weighted by Crippen LogP contribution is 2.22. The Balaban J connectivity index is 0.00000225. The Kier molecular flexibility index (Phi) is 6.78. The Labute approximate surface area is 156 Å². The van der Waals surface area contributed by atoms with E-state index in [0.717, 1.165) is 12.0 Å². The molecule has 1 aromatic heterocycles. The molecule has 1 unspecified atom stereocenters. The minimum atomic E-state index is -0.469. The highest BCUT2D eigenvalue weighted by Gasteiger charge is 2.31. The minimum Gasteiger partial charge on any atom is -0.364 e. The van der Waals surface area contributed by atoms with Gasteiger partial charge in [-0.15, -0.1) is 12.4 Å². The van der Waals surface area contributed by atoms with Crippen LogP contribution in [-0.4, -0.2) is 34.8 Å². The summed E-state index contributed by atoms with van der Waals surface area (Å²) in [7, 11) is 0. The van der Waals surface area contributed by atoms with Crippen LogP contribution in [-0.2, 0) is 9.53 Å². The standard InChI is InChI=1S/C16H19ClN4O3.ClH/c1-9(19-15(22)13-7-6-12(8-18)23-13)14-20-16(24-21-14)10-2-4-11(17)5-3-10;/h2-5,9,12-13H,6-8,18H2,1H3,(H,19,22);1H/t9?,12-,13+;/m1./s1. The van der Waals surface area contributed by atoms with Crippen molar-refractivity contribution in [3.63, 3.8) is 0 Å². The number of ether oxygens (including phenoxy) is 1. The SMILES string of the molecule is CC(NC(=O)[C@@H]1CC[C@H](CN)O1)c1noc(-c2ccc(Cl)cc2)n1.Cl. The van der Waals surface area contributed by atoms with Gasteiger partial charge in [-0.2, -0.15) is 4.98 Å². The highest BCUT2D eigenvalue weighted by atomic mass is 35.5. The molecule has 3 rings (SSSR count). The summed E-state index contributed by atoms with van der Waals surface area (Å²) in [5.41, 5.74) is 6.32. The van der Waals surface area contributed by atoms with Crippen LogP contribution < -0.4 is 11.1 Å². The third-order valence-electron chi connectivity index (χ3n) is 3.94. The molecule has 2 heterocycles. The van der Waals surface area contributed by atoms with Crippen LogP contribution in [0.15, 0.2) is 28.8 Å². The van der Waals surface area contributed by atoms with Crippen LogP contribution in [0.1, 0.15) is 31.6 Å². The number of nitrogens with zero attached hydrogens (tertiary/aromatic N) is 2. The molecule has 0 saturated carbocycles. The molecular formula is C16H20Cl2N4O3. The Hall–Kier alpha value is -1.67. The van der Waals surface area contributed by atoms with Crippen LogP contribution in [0.25, 0.3) is 11.5 Å². The Bertz CT molecular complexity index is 708. The molecule has 3 atom stereocenters. The number of carbonyl (C=O) groups is 1. The summed E-state index contributed by atoms with van der Waals surface area (Å²) >= 11 is 5.86. The third kappa shape index (κ3) is 4.70. The van der Waals surface area contributed by atoms with E-state index in [2.05, 4.69) is 15.5 Å². The van der Waals surface area contributed by atoms with Crippen molar-refractivity contribution >= 4 is 29.9 Å². The zero-order valence-corrected chi connectivity index (χ0v) is 15.2. The predicted octanol–water partition coefficient (Wildman–Crippen LogP) is 2.50. The van der Waals surface area contributed by atoms with E-state index in [0.29, 0.717) is 29.7 Å². The van der Waals surface area contributed by atoms with Crippen LogP contribution in [0, 0.1) is 0 Å². The van der Waals surface area contributed by atoms with E-state index in [-0.39, 0.29) is 30.5 Å². The fourth-order valence-electron chi connectivity index (χ4n) is 2.56. The second kappa shape index (κ2) is 8.62. The molecule has 1 aliphatic heterocycles. The first kappa shape index (κ1) is 19.7. The summed E-state index contributed by atoms with van der Waals surface area (Å²) < 4.78 is 10.8. The lowest BCUT2D eigenvalue weighted by Gasteiger charge is -2.15. The van der Waals surface area contributed by atoms with E-state index in [1.54, 1.807) is 31.2 Å². The maximum atomic E-state index is 12.2. The average Bonchev–Trinajstić information content (AvgIpc) is 3.25. The average molecular weight is 387 g/mol. The highest BCUT2D eigenvalue weighted by molar-refractivity contribution is 6.30. The Morgan fingerprint density at radius 1 is 1.40 bits per heavy atom. The Morgan fingerprint density at radius 3 is 2.76 bits per heavy atom. The molecule has 25 heavy (non-hydrogen) atoms. The number of benzene rings is 1. The first-order valence-corrected chi connectivity index (χ1v) is 8.20. The van der Waals surface area contributed by atoms with Gasteiger partial charge in [0, 0.05) is 17.1 Å². The van der Waals surface area contributed by atoms with E-state index in [9.17, 15) is 4.79 Å². The van der Waals surface area contributed by atoms with Crippen molar-refractivity contribution < 1.29 is 14.1 Å². The summed E-state index contributed by atoms with van der Waals surface area (Å²) in [6.45, 7) is 2.22. The normalized spacial score (nSPS) is 20.8. The molecule has 2 aromatic rings. The van der Waals surface area contributed by atoms with Crippen LogP contribution in [0.5, 0.6) is 0 Å². The maximum absolute atomic E-state index is 12.2. The number of amides is 1. The van der Waals surface area contributed by atoms with Gasteiger partial charge in [0.1, 0.15) is 6.10 Å². The number of nitrogens with one attached hydrogen (secondary N) is 1. The molecule has 9 heteroatoms. The summed E-state index contributed by atoms with van der Waals surface area (Å²) in [5.74, 6) is 0.598. The van der Waals surface area contributed by atoms with Gasteiger partial charge in [-0.1, -0.05) is 16.8 Å². The minimum absolute atomic E-state index is 0. The molecular weight excluding hydrogens is 367 g/mol. The zero-order valence-electron chi connectivity index (χ0n) is 13.6. The molecule has 3 N–H and O–H groups in total. The number of rotatable bonds is 5. The van der Waals surface area contributed by atoms with E-state index in [1.165, 1.54) is 0 Å². The van der Waals surface area contributed by atoms with Gasteiger partial charge >= 0.3 is 0 Å². The van der Waals surface area contributed by atoms with Crippen LogP contribution in [0.3, 0.4) is 0 Å². The number of halogens is 2. The molecule has 0 spiro atoms. The summed E-state index contributed by atoms with van der Waals surface area (Å²) in [6.07, 6.45) is 0.954. The molecule has 1 amide bonds. The quantitative estimate of drug-likeness (QED) is 0.817. The van der Waals surface area contributed by atoms with Crippen LogP contribution in [0.4, 0.5) is 0 Å². The Morgan fingerprint density at radius 2 is 2.12 bits per heavy atom. The number of hydrogen-bond acceptors (Lipinski definition) is 6. The van der Waals surface area contributed by atoms with Gasteiger partial charge in [-0.25, -0.2) is 0 Å². The smallest absolute Gasteiger partial charge is 0.257 e. The van der Waals surface area contributed by atoms with Gasteiger partial charge in [-0.05, 0) is 44.0 Å². The summed E-state index contributed by atoms with van der Waals surface area (Å²) in [5, 5.41) is 7.41. The largest absolute Gasteiger partial charge is 0.364 e. The number of nitrogens with two attached hydrogens (primary N) is 1. The monoisotopic (exact) mass is 386 g/mol. The van der Waals surface area contributed by atoms with Crippen molar-refractivity contribution in [2.45, 2.75) is 38.0 Å². The number of carbonyl (C=O) groups excluding carboxylic acids is 1. The van der Waals surface area contributed by atoms with Gasteiger partial charge in [0.2, 0.25) is 5.91 Å². The molecule has 1 saturated heterocycles. The predicted molar refractivity (Wildman–Crippen MR) is 95.5 cm³/mol.